The Bertz CT molecular complexity index is 377. The lowest BCUT2D eigenvalue weighted by Crippen LogP contribution is -2.42. The first-order valence-electron chi connectivity index (χ1n) is 10.3. The third-order valence-corrected chi connectivity index (χ3v) is 4.40. The molecule has 0 radical (unpaired) electrons. The molecule has 2 N–H and O–H groups in total. The van der Waals surface area contributed by atoms with Gasteiger partial charge in [0.25, 0.3) is 0 Å². The molecule has 0 saturated carbocycles. The summed E-state index contributed by atoms with van der Waals surface area (Å²) in [7, 11) is 0. The Labute approximate surface area is 159 Å². The minimum atomic E-state index is -0.636. The molecule has 0 aromatic heterocycles. The lowest BCUT2D eigenvalue weighted by molar-refractivity contribution is -0.152. The van der Waals surface area contributed by atoms with Crippen LogP contribution in [0, 0.1) is 5.92 Å². The third-order valence-electron chi connectivity index (χ3n) is 4.40. The van der Waals surface area contributed by atoms with Gasteiger partial charge in [-0.3, -0.25) is 9.59 Å². The zero-order valence-electron chi connectivity index (χ0n) is 17.4. The van der Waals surface area contributed by atoms with E-state index in [0.29, 0.717) is 31.7 Å². The van der Waals surface area contributed by atoms with E-state index in [1.54, 1.807) is 13.8 Å². The number of nitrogens with one attached hydrogen (secondary N) is 2. The fourth-order valence-corrected chi connectivity index (χ4v) is 2.87. The largest absolute Gasteiger partial charge is 0.466 e. The van der Waals surface area contributed by atoms with Crippen molar-refractivity contribution in [2.75, 3.05) is 26.3 Å². The summed E-state index contributed by atoms with van der Waals surface area (Å²) in [6, 6.07) is -0.0187. The lowest BCUT2D eigenvalue weighted by Gasteiger charge is -2.20. The summed E-state index contributed by atoms with van der Waals surface area (Å²) in [6.45, 7) is 12.4. The fraction of sp³-hybridized carbons (Fsp3) is 0.900. The minimum Gasteiger partial charge on any atom is -0.466 e. The fourth-order valence-electron chi connectivity index (χ4n) is 2.87. The SMILES string of the molecule is CCCC(CC)NCCCC(C)CNC(CC(=O)OCC)C(=O)OCC. The molecule has 0 aliphatic heterocycles. The second kappa shape index (κ2) is 16.1. The van der Waals surface area contributed by atoms with Gasteiger partial charge in [0.15, 0.2) is 0 Å². The lowest BCUT2D eigenvalue weighted by atomic mass is 10.0. The Morgan fingerprint density at radius 2 is 1.65 bits per heavy atom. The highest BCUT2D eigenvalue weighted by atomic mass is 16.5. The van der Waals surface area contributed by atoms with Crippen LogP contribution in [0.5, 0.6) is 0 Å². The van der Waals surface area contributed by atoms with Crippen molar-refractivity contribution in [2.24, 2.45) is 5.92 Å². The smallest absolute Gasteiger partial charge is 0.323 e. The van der Waals surface area contributed by atoms with Crippen LogP contribution in [0.4, 0.5) is 0 Å². The van der Waals surface area contributed by atoms with Crippen LogP contribution in [0.3, 0.4) is 0 Å². The maximum atomic E-state index is 12.0. The number of rotatable bonds is 16. The summed E-state index contributed by atoms with van der Waals surface area (Å²) in [5, 5.41) is 6.79. The van der Waals surface area contributed by atoms with Gasteiger partial charge in [-0.15, -0.1) is 0 Å². The first-order chi connectivity index (χ1) is 12.5. The second-order valence-electron chi connectivity index (χ2n) is 6.82. The average Bonchev–Trinajstić information content (AvgIpc) is 2.61. The quantitative estimate of drug-likeness (QED) is 0.320. The molecule has 6 nitrogen and oxygen atoms in total. The van der Waals surface area contributed by atoms with E-state index in [2.05, 4.69) is 31.4 Å². The second-order valence-corrected chi connectivity index (χ2v) is 6.82. The normalized spacial score (nSPS) is 14.5. The molecule has 0 aliphatic rings. The monoisotopic (exact) mass is 372 g/mol. The highest BCUT2D eigenvalue weighted by Crippen LogP contribution is 2.07. The highest BCUT2D eigenvalue weighted by Gasteiger charge is 2.24. The average molecular weight is 373 g/mol. The maximum absolute atomic E-state index is 12.0. The number of hydrogen-bond acceptors (Lipinski definition) is 6. The highest BCUT2D eigenvalue weighted by molar-refractivity contribution is 5.82. The Balaban J connectivity index is 4.19. The Morgan fingerprint density at radius 1 is 0.962 bits per heavy atom. The molecule has 6 heteroatoms. The summed E-state index contributed by atoms with van der Waals surface area (Å²) in [5.41, 5.74) is 0. The standard InChI is InChI=1S/C20H40N2O4/c1-6-11-17(7-2)21-13-10-12-16(5)15-22-18(20(24)26-9-4)14-19(23)25-8-3/h16-18,21-22H,6-15H2,1-5H3. The summed E-state index contributed by atoms with van der Waals surface area (Å²) in [5.74, 6) is -0.349. The maximum Gasteiger partial charge on any atom is 0.323 e. The van der Waals surface area contributed by atoms with Crippen molar-refractivity contribution in [3.63, 3.8) is 0 Å². The predicted molar refractivity (Wildman–Crippen MR) is 105 cm³/mol. The molecule has 0 bridgehead atoms. The first-order valence-corrected chi connectivity index (χ1v) is 10.3. The van der Waals surface area contributed by atoms with Gasteiger partial charge in [-0.05, 0) is 58.5 Å². The van der Waals surface area contributed by atoms with Gasteiger partial charge in [0, 0.05) is 6.04 Å². The van der Waals surface area contributed by atoms with E-state index in [9.17, 15) is 9.59 Å². The van der Waals surface area contributed by atoms with Crippen molar-refractivity contribution >= 4 is 11.9 Å². The summed E-state index contributed by atoms with van der Waals surface area (Å²) in [6.07, 6.45) is 5.78. The van der Waals surface area contributed by atoms with Gasteiger partial charge in [0.05, 0.1) is 19.6 Å². The van der Waals surface area contributed by atoms with Crippen LogP contribution >= 0.6 is 0 Å². The summed E-state index contributed by atoms with van der Waals surface area (Å²) >= 11 is 0. The third kappa shape index (κ3) is 12.3. The number of carbonyl (C=O) groups is 2. The van der Waals surface area contributed by atoms with Crippen molar-refractivity contribution in [1.29, 1.82) is 0 Å². The summed E-state index contributed by atoms with van der Waals surface area (Å²) in [4.78, 5) is 23.7. The number of carbonyl (C=O) groups excluding carboxylic acids is 2. The van der Waals surface area contributed by atoms with Crippen LogP contribution < -0.4 is 10.6 Å². The molecule has 26 heavy (non-hydrogen) atoms. The van der Waals surface area contributed by atoms with Crippen LogP contribution in [-0.2, 0) is 19.1 Å². The molecular weight excluding hydrogens is 332 g/mol. The molecule has 0 saturated heterocycles. The van der Waals surface area contributed by atoms with Crippen molar-refractivity contribution in [3.05, 3.63) is 0 Å². The Hall–Kier alpha value is -1.14. The number of esters is 2. The topological polar surface area (TPSA) is 76.7 Å². The Kier molecular flexibility index (Phi) is 15.4. The molecule has 0 amide bonds. The van der Waals surface area contributed by atoms with Gasteiger partial charge in [-0.2, -0.15) is 0 Å². The molecule has 3 atom stereocenters. The van der Waals surface area contributed by atoms with E-state index in [1.807, 2.05) is 0 Å². The zero-order valence-corrected chi connectivity index (χ0v) is 17.4. The van der Waals surface area contributed by atoms with Gasteiger partial charge in [0.2, 0.25) is 0 Å². The molecule has 0 aromatic carbocycles. The van der Waals surface area contributed by atoms with E-state index in [4.69, 9.17) is 9.47 Å². The first kappa shape index (κ1) is 24.9. The van der Waals surface area contributed by atoms with E-state index in [0.717, 1.165) is 19.4 Å². The molecule has 0 rings (SSSR count). The molecule has 0 aromatic rings. The van der Waals surface area contributed by atoms with E-state index in [1.165, 1.54) is 19.3 Å². The molecule has 3 unspecified atom stereocenters. The molecule has 154 valence electrons. The van der Waals surface area contributed by atoms with Crippen molar-refractivity contribution < 1.29 is 19.1 Å². The van der Waals surface area contributed by atoms with Crippen LogP contribution in [-0.4, -0.2) is 50.3 Å². The van der Waals surface area contributed by atoms with Gasteiger partial charge in [-0.25, -0.2) is 0 Å². The van der Waals surface area contributed by atoms with Crippen molar-refractivity contribution in [1.82, 2.24) is 10.6 Å². The molecule has 0 spiro atoms. The van der Waals surface area contributed by atoms with E-state index < -0.39 is 6.04 Å². The molecule has 0 aliphatic carbocycles. The van der Waals surface area contributed by atoms with Gasteiger partial charge in [-0.1, -0.05) is 27.2 Å². The van der Waals surface area contributed by atoms with Crippen molar-refractivity contribution in [2.45, 2.75) is 85.2 Å². The molecular formula is C20H40N2O4. The summed E-state index contributed by atoms with van der Waals surface area (Å²) < 4.78 is 10.0. The number of hydrogen-bond donors (Lipinski definition) is 2. The zero-order chi connectivity index (χ0) is 19.8. The molecule has 0 heterocycles. The van der Waals surface area contributed by atoms with Gasteiger partial charge < -0.3 is 20.1 Å². The van der Waals surface area contributed by atoms with Crippen LogP contribution in [0.15, 0.2) is 0 Å². The number of ether oxygens (including phenoxy) is 2. The van der Waals surface area contributed by atoms with Crippen LogP contribution in [0.2, 0.25) is 0 Å². The van der Waals surface area contributed by atoms with E-state index in [-0.39, 0.29) is 18.4 Å². The van der Waals surface area contributed by atoms with Gasteiger partial charge in [0.1, 0.15) is 6.04 Å². The van der Waals surface area contributed by atoms with Crippen molar-refractivity contribution in [3.8, 4) is 0 Å². The predicted octanol–water partition coefficient (Wildman–Crippen LogP) is 3.05. The minimum absolute atomic E-state index is 0.0101. The van der Waals surface area contributed by atoms with E-state index >= 15 is 0 Å². The van der Waals surface area contributed by atoms with Crippen LogP contribution in [0.25, 0.3) is 0 Å². The Morgan fingerprint density at radius 3 is 2.23 bits per heavy atom. The molecule has 0 fully saturated rings. The van der Waals surface area contributed by atoms with Crippen LogP contribution in [0.1, 0.15) is 73.1 Å². The van der Waals surface area contributed by atoms with Gasteiger partial charge >= 0.3 is 11.9 Å².